The Labute approximate surface area is 76.4 Å². The van der Waals surface area contributed by atoms with E-state index in [2.05, 4.69) is 4.74 Å². The molecule has 72 valence electrons. The van der Waals surface area contributed by atoms with Crippen LogP contribution in [0.15, 0.2) is 30.3 Å². The molecule has 0 aromatic heterocycles. The van der Waals surface area contributed by atoms with Crippen molar-refractivity contribution in [1.82, 2.24) is 0 Å². The third-order valence-electron chi connectivity index (χ3n) is 1.20. The van der Waals surface area contributed by atoms with Crippen molar-refractivity contribution in [3.63, 3.8) is 0 Å². The molecule has 1 aromatic rings. The molecule has 0 atom stereocenters. The van der Waals surface area contributed by atoms with E-state index in [1.165, 1.54) is 0 Å². The molecule has 4 heteroatoms. The Bertz CT molecular complexity index is 233. The van der Waals surface area contributed by atoms with Gasteiger partial charge in [0.2, 0.25) is 0 Å². The van der Waals surface area contributed by atoms with E-state index in [9.17, 15) is 0 Å². The van der Waals surface area contributed by atoms with Crippen molar-refractivity contribution in [1.29, 1.82) is 0 Å². The standard InChI is InChI=1S/C7H8O.C2H4O3/c8-6-7-4-2-1-3-5-7;1-5-2(3)4/h1-5,8H,6H2;1H3,(H,3,4). The van der Waals surface area contributed by atoms with Crippen LogP contribution in [0.25, 0.3) is 0 Å². The smallest absolute Gasteiger partial charge is 0.450 e. The maximum Gasteiger partial charge on any atom is 0.505 e. The summed E-state index contributed by atoms with van der Waals surface area (Å²) in [5.74, 6) is 0. The summed E-state index contributed by atoms with van der Waals surface area (Å²) in [4.78, 5) is 9.15. The molecule has 0 fully saturated rings. The maximum atomic E-state index is 9.15. The lowest BCUT2D eigenvalue weighted by Gasteiger charge is -1.89. The summed E-state index contributed by atoms with van der Waals surface area (Å²) >= 11 is 0. The molecule has 0 bridgehead atoms. The zero-order chi connectivity index (χ0) is 10.1. The van der Waals surface area contributed by atoms with Crippen LogP contribution in [-0.2, 0) is 11.3 Å². The van der Waals surface area contributed by atoms with E-state index < -0.39 is 6.16 Å². The van der Waals surface area contributed by atoms with Crippen LogP contribution in [0.4, 0.5) is 4.79 Å². The lowest BCUT2D eigenvalue weighted by Crippen LogP contribution is -1.91. The lowest BCUT2D eigenvalue weighted by atomic mass is 10.2. The molecule has 0 aliphatic rings. The van der Waals surface area contributed by atoms with Gasteiger partial charge in [-0.25, -0.2) is 4.79 Å². The lowest BCUT2D eigenvalue weighted by molar-refractivity contribution is 0.114. The minimum Gasteiger partial charge on any atom is -0.450 e. The van der Waals surface area contributed by atoms with Gasteiger partial charge in [0.1, 0.15) is 0 Å². The number of benzene rings is 1. The van der Waals surface area contributed by atoms with E-state index in [1.807, 2.05) is 30.3 Å². The van der Waals surface area contributed by atoms with Crippen LogP contribution < -0.4 is 0 Å². The van der Waals surface area contributed by atoms with Crippen LogP contribution in [0.2, 0.25) is 0 Å². The molecular weight excluding hydrogens is 172 g/mol. The fraction of sp³-hybridized carbons (Fsp3) is 0.222. The number of carboxylic acid groups (broad SMARTS) is 1. The second-order valence-corrected chi connectivity index (χ2v) is 2.11. The van der Waals surface area contributed by atoms with Crippen LogP contribution in [0.5, 0.6) is 0 Å². The Kier molecular flexibility index (Phi) is 6.27. The van der Waals surface area contributed by atoms with Gasteiger partial charge in [0, 0.05) is 0 Å². The predicted octanol–water partition coefficient (Wildman–Crippen LogP) is 1.49. The Hall–Kier alpha value is -1.55. The third kappa shape index (κ3) is 6.83. The molecule has 0 amide bonds. The second-order valence-electron chi connectivity index (χ2n) is 2.11. The van der Waals surface area contributed by atoms with Gasteiger partial charge in [-0.05, 0) is 5.56 Å². The van der Waals surface area contributed by atoms with E-state index in [4.69, 9.17) is 15.0 Å². The number of methoxy groups -OCH3 is 1. The van der Waals surface area contributed by atoms with E-state index in [-0.39, 0.29) is 6.61 Å². The topological polar surface area (TPSA) is 66.8 Å². The number of hydrogen-bond donors (Lipinski definition) is 2. The molecule has 0 spiro atoms. The quantitative estimate of drug-likeness (QED) is 0.649. The van der Waals surface area contributed by atoms with Crippen molar-refractivity contribution in [2.75, 3.05) is 7.11 Å². The van der Waals surface area contributed by atoms with Crippen molar-refractivity contribution >= 4 is 6.16 Å². The number of rotatable bonds is 1. The first-order valence-corrected chi connectivity index (χ1v) is 3.62. The zero-order valence-corrected chi connectivity index (χ0v) is 7.30. The number of carbonyl (C=O) groups is 1. The molecule has 0 saturated carbocycles. The number of hydrogen-bond acceptors (Lipinski definition) is 3. The second kappa shape index (κ2) is 7.12. The van der Waals surface area contributed by atoms with Crippen LogP contribution >= 0.6 is 0 Å². The molecule has 0 saturated heterocycles. The summed E-state index contributed by atoms with van der Waals surface area (Å²) in [5, 5.41) is 16.0. The Morgan fingerprint density at radius 2 is 1.85 bits per heavy atom. The van der Waals surface area contributed by atoms with Gasteiger partial charge >= 0.3 is 6.16 Å². The van der Waals surface area contributed by atoms with Gasteiger partial charge in [-0.3, -0.25) is 0 Å². The van der Waals surface area contributed by atoms with Gasteiger partial charge in [0.15, 0.2) is 0 Å². The third-order valence-corrected chi connectivity index (χ3v) is 1.20. The van der Waals surface area contributed by atoms with Crippen molar-refractivity contribution < 1.29 is 19.7 Å². The Morgan fingerprint density at radius 1 is 1.38 bits per heavy atom. The van der Waals surface area contributed by atoms with Gasteiger partial charge in [-0.2, -0.15) is 0 Å². The SMILES string of the molecule is COC(=O)O.OCc1ccccc1. The van der Waals surface area contributed by atoms with Crippen LogP contribution in [-0.4, -0.2) is 23.5 Å². The van der Waals surface area contributed by atoms with Gasteiger partial charge in [-0.1, -0.05) is 30.3 Å². The molecular formula is C9H12O4. The summed E-state index contributed by atoms with van der Waals surface area (Å²) in [5.41, 5.74) is 0.965. The number of ether oxygens (including phenoxy) is 1. The highest BCUT2D eigenvalue weighted by molar-refractivity contribution is 5.56. The van der Waals surface area contributed by atoms with Gasteiger partial charge in [0.05, 0.1) is 13.7 Å². The number of aliphatic hydroxyl groups is 1. The van der Waals surface area contributed by atoms with E-state index >= 15 is 0 Å². The van der Waals surface area contributed by atoms with E-state index in [0.29, 0.717) is 0 Å². The van der Waals surface area contributed by atoms with Gasteiger partial charge < -0.3 is 14.9 Å². The van der Waals surface area contributed by atoms with Crippen molar-refractivity contribution in [3.05, 3.63) is 35.9 Å². The van der Waals surface area contributed by atoms with E-state index in [1.54, 1.807) is 0 Å². The first-order chi connectivity index (χ1) is 6.20. The fourth-order valence-corrected chi connectivity index (χ4v) is 0.583. The van der Waals surface area contributed by atoms with Crippen molar-refractivity contribution in [2.45, 2.75) is 6.61 Å². The molecule has 4 nitrogen and oxygen atoms in total. The van der Waals surface area contributed by atoms with Crippen LogP contribution in [0.1, 0.15) is 5.56 Å². The van der Waals surface area contributed by atoms with Crippen LogP contribution in [0, 0.1) is 0 Å². The molecule has 0 aliphatic heterocycles. The first-order valence-electron chi connectivity index (χ1n) is 3.62. The average Bonchev–Trinajstić information content (AvgIpc) is 2.20. The molecule has 0 radical (unpaired) electrons. The zero-order valence-electron chi connectivity index (χ0n) is 7.30. The Balaban J connectivity index is 0.000000252. The summed E-state index contributed by atoms with van der Waals surface area (Å²) < 4.78 is 3.67. The molecule has 0 unspecified atom stereocenters. The average molecular weight is 184 g/mol. The van der Waals surface area contributed by atoms with E-state index in [0.717, 1.165) is 12.7 Å². The maximum absolute atomic E-state index is 9.15. The summed E-state index contributed by atoms with van der Waals surface area (Å²) in [6, 6.07) is 9.52. The molecule has 1 aromatic carbocycles. The molecule has 1 rings (SSSR count). The monoisotopic (exact) mass is 184 g/mol. The first kappa shape index (κ1) is 11.4. The highest BCUT2D eigenvalue weighted by Crippen LogP contribution is 1.95. The molecule has 13 heavy (non-hydrogen) atoms. The number of aliphatic hydroxyl groups excluding tert-OH is 1. The predicted molar refractivity (Wildman–Crippen MR) is 47.4 cm³/mol. The summed E-state index contributed by atoms with van der Waals surface area (Å²) in [7, 11) is 1.10. The summed E-state index contributed by atoms with van der Waals surface area (Å²) in [6.07, 6.45) is -1.25. The van der Waals surface area contributed by atoms with Gasteiger partial charge in [-0.15, -0.1) is 0 Å². The van der Waals surface area contributed by atoms with Gasteiger partial charge in [0.25, 0.3) is 0 Å². The highest BCUT2D eigenvalue weighted by atomic mass is 16.6. The van der Waals surface area contributed by atoms with Crippen LogP contribution in [0.3, 0.4) is 0 Å². The molecule has 0 heterocycles. The van der Waals surface area contributed by atoms with Crippen molar-refractivity contribution in [2.24, 2.45) is 0 Å². The largest absolute Gasteiger partial charge is 0.505 e. The summed E-state index contributed by atoms with van der Waals surface area (Å²) in [6.45, 7) is 0.140. The van der Waals surface area contributed by atoms with Crippen molar-refractivity contribution in [3.8, 4) is 0 Å². The Morgan fingerprint density at radius 3 is 2.08 bits per heavy atom. The molecule has 0 aliphatic carbocycles. The normalized spacial score (nSPS) is 8.15. The minimum absolute atomic E-state index is 0.140. The molecule has 2 N–H and O–H groups in total. The minimum atomic E-state index is -1.25. The fourth-order valence-electron chi connectivity index (χ4n) is 0.583. The highest BCUT2D eigenvalue weighted by Gasteiger charge is 1.81.